The van der Waals surface area contributed by atoms with Crippen molar-refractivity contribution in [2.75, 3.05) is 12.4 Å². The number of phenols is 1. The van der Waals surface area contributed by atoms with Gasteiger partial charge in [-0.1, -0.05) is 17.7 Å². The quantitative estimate of drug-likeness (QED) is 0.789. The molecule has 7 heteroatoms. The van der Waals surface area contributed by atoms with Crippen molar-refractivity contribution < 1.29 is 13.5 Å². The van der Waals surface area contributed by atoms with Gasteiger partial charge in [-0.15, -0.1) is 0 Å². The molecule has 0 aliphatic heterocycles. The second-order valence-corrected chi connectivity index (χ2v) is 6.66. The molecule has 0 atom stereocenters. The van der Waals surface area contributed by atoms with Gasteiger partial charge < -0.3 is 10.4 Å². The van der Waals surface area contributed by atoms with Crippen molar-refractivity contribution in [3.63, 3.8) is 0 Å². The first kappa shape index (κ1) is 15.6. The van der Waals surface area contributed by atoms with Crippen LogP contribution < -0.4 is 10.0 Å². The Morgan fingerprint density at radius 1 is 1.14 bits per heavy atom. The first-order chi connectivity index (χ1) is 9.92. The van der Waals surface area contributed by atoms with Gasteiger partial charge in [-0.2, -0.15) is 0 Å². The summed E-state index contributed by atoms with van der Waals surface area (Å²) in [6.45, 7) is 0.512. The summed E-state index contributed by atoms with van der Waals surface area (Å²) in [7, 11) is -2.04. The summed E-state index contributed by atoms with van der Waals surface area (Å²) in [5.74, 6) is 0.0436. The number of sulfonamides is 1. The predicted octanol–water partition coefficient (Wildman–Crippen LogP) is 2.57. The zero-order chi connectivity index (χ0) is 15.5. The van der Waals surface area contributed by atoms with Crippen LogP contribution in [0, 0.1) is 0 Å². The number of hydrogen-bond acceptors (Lipinski definition) is 4. The van der Waals surface area contributed by atoms with Crippen LogP contribution >= 0.6 is 11.6 Å². The number of hydrogen-bond donors (Lipinski definition) is 3. The van der Waals surface area contributed by atoms with E-state index in [1.807, 2.05) is 0 Å². The van der Waals surface area contributed by atoms with Gasteiger partial charge in [0.05, 0.1) is 9.92 Å². The van der Waals surface area contributed by atoms with E-state index < -0.39 is 10.0 Å². The van der Waals surface area contributed by atoms with Crippen LogP contribution in [0.25, 0.3) is 0 Å². The lowest BCUT2D eigenvalue weighted by Gasteiger charge is -2.08. The van der Waals surface area contributed by atoms with E-state index in [1.165, 1.54) is 25.2 Å². The molecule has 21 heavy (non-hydrogen) atoms. The zero-order valence-corrected chi connectivity index (χ0v) is 12.9. The van der Waals surface area contributed by atoms with Crippen molar-refractivity contribution in [3.05, 3.63) is 53.1 Å². The number of phenolic OH excluding ortho intramolecular Hbond substituents is 1. The maximum absolute atomic E-state index is 11.6. The first-order valence-electron chi connectivity index (χ1n) is 6.17. The van der Waals surface area contributed by atoms with Crippen molar-refractivity contribution in [3.8, 4) is 5.75 Å². The van der Waals surface area contributed by atoms with Crippen molar-refractivity contribution in [2.24, 2.45) is 0 Å². The third kappa shape index (κ3) is 3.87. The van der Waals surface area contributed by atoms with Gasteiger partial charge in [0.15, 0.2) is 0 Å². The summed E-state index contributed by atoms with van der Waals surface area (Å²) in [5.41, 5.74) is 1.69. The minimum Gasteiger partial charge on any atom is -0.506 e. The van der Waals surface area contributed by atoms with Gasteiger partial charge in [-0.05, 0) is 49.0 Å². The summed E-state index contributed by atoms with van der Waals surface area (Å²) >= 11 is 5.83. The molecule has 0 bridgehead atoms. The molecule has 0 amide bonds. The largest absolute Gasteiger partial charge is 0.506 e. The van der Waals surface area contributed by atoms with E-state index in [1.54, 1.807) is 24.3 Å². The van der Waals surface area contributed by atoms with Gasteiger partial charge in [0.1, 0.15) is 5.75 Å². The second-order valence-electron chi connectivity index (χ2n) is 4.37. The Hall–Kier alpha value is -1.76. The predicted molar refractivity (Wildman–Crippen MR) is 83.1 cm³/mol. The number of aromatic hydroxyl groups is 1. The fourth-order valence-corrected chi connectivity index (χ4v) is 2.67. The average Bonchev–Trinajstić information content (AvgIpc) is 2.49. The molecule has 0 aromatic heterocycles. The minimum atomic E-state index is -3.42. The Labute approximate surface area is 128 Å². The molecule has 0 saturated heterocycles. The van der Waals surface area contributed by atoms with Gasteiger partial charge in [0.25, 0.3) is 0 Å². The summed E-state index contributed by atoms with van der Waals surface area (Å²) in [4.78, 5) is 0.211. The third-order valence-electron chi connectivity index (χ3n) is 2.94. The number of anilines is 1. The summed E-state index contributed by atoms with van der Waals surface area (Å²) in [6.07, 6.45) is 0. The van der Waals surface area contributed by atoms with Crippen molar-refractivity contribution >= 4 is 27.3 Å². The molecule has 112 valence electrons. The monoisotopic (exact) mass is 326 g/mol. The van der Waals surface area contributed by atoms with Gasteiger partial charge in [-0.25, -0.2) is 13.1 Å². The number of nitrogens with one attached hydrogen (secondary N) is 2. The Morgan fingerprint density at radius 2 is 1.81 bits per heavy atom. The van der Waals surface area contributed by atoms with Crippen LogP contribution in [-0.2, 0) is 16.6 Å². The molecular weight excluding hydrogens is 312 g/mol. The van der Waals surface area contributed by atoms with Crippen LogP contribution in [0.1, 0.15) is 5.56 Å². The fourth-order valence-electron chi connectivity index (χ4n) is 1.73. The Kier molecular flexibility index (Phi) is 4.72. The number of halogens is 1. The highest BCUT2D eigenvalue weighted by atomic mass is 35.5. The smallest absolute Gasteiger partial charge is 0.240 e. The van der Waals surface area contributed by atoms with Crippen LogP contribution in [0.5, 0.6) is 5.75 Å². The molecule has 0 saturated carbocycles. The van der Waals surface area contributed by atoms with E-state index in [-0.39, 0.29) is 10.6 Å². The lowest BCUT2D eigenvalue weighted by molar-refractivity contribution is 0.475. The molecule has 3 N–H and O–H groups in total. The van der Waals surface area contributed by atoms with E-state index in [9.17, 15) is 13.5 Å². The first-order valence-corrected chi connectivity index (χ1v) is 8.03. The van der Waals surface area contributed by atoms with Crippen LogP contribution in [0.15, 0.2) is 47.4 Å². The fraction of sp³-hybridized carbons (Fsp3) is 0.143. The van der Waals surface area contributed by atoms with Crippen molar-refractivity contribution in [2.45, 2.75) is 11.4 Å². The van der Waals surface area contributed by atoms with Crippen LogP contribution in [0.4, 0.5) is 5.69 Å². The lowest BCUT2D eigenvalue weighted by Crippen LogP contribution is -2.18. The number of benzene rings is 2. The molecule has 5 nitrogen and oxygen atoms in total. The molecule has 0 aliphatic carbocycles. The maximum atomic E-state index is 11.6. The summed E-state index contributed by atoms with van der Waals surface area (Å²) in [6, 6.07) is 11.4. The van der Waals surface area contributed by atoms with E-state index in [4.69, 9.17) is 11.6 Å². The van der Waals surface area contributed by atoms with Crippen LogP contribution in [-0.4, -0.2) is 20.6 Å². The van der Waals surface area contributed by atoms with Crippen LogP contribution in [0.3, 0.4) is 0 Å². The topological polar surface area (TPSA) is 78.4 Å². The van der Waals surface area contributed by atoms with E-state index >= 15 is 0 Å². The van der Waals surface area contributed by atoms with Crippen molar-refractivity contribution in [1.29, 1.82) is 0 Å². The number of rotatable bonds is 5. The van der Waals surface area contributed by atoms with E-state index in [2.05, 4.69) is 10.0 Å². The molecule has 0 spiro atoms. The van der Waals surface area contributed by atoms with E-state index in [0.717, 1.165) is 11.3 Å². The minimum absolute atomic E-state index is 0.0436. The molecule has 0 heterocycles. The van der Waals surface area contributed by atoms with Crippen LogP contribution in [0.2, 0.25) is 5.02 Å². The molecule has 0 aliphatic rings. The highest BCUT2D eigenvalue weighted by molar-refractivity contribution is 7.89. The van der Waals surface area contributed by atoms with E-state index in [0.29, 0.717) is 11.6 Å². The van der Waals surface area contributed by atoms with Gasteiger partial charge >= 0.3 is 0 Å². The summed E-state index contributed by atoms with van der Waals surface area (Å²) in [5, 5.41) is 12.8. The highest BCUT2D eigenvalue weighted by Gasteiger charge is 2.10. The molecule has 0 fully saturated rings. The molecule has 2 rings (SSSR count). The summed E-state index contributed by atoms with van der Waals surface area (Å²) < 4.78 is 25.4. The Morgan fingerprint density at radius 3 is 2.38 bits per heavy atom. The molecule has 0 unspecified atom stereocenters. The lowest BCUT2D eigenvalue weighted by atomic mass is 10.2. The average molecular weight is 327 g/mol. The molecule has 2 aromatic carbocycles. The maximum Gasteiger partial charge on any atom is 0.240 e. The van der Waals surface area contributed by atoms with Crippen molar-refractivity contribution in [1.82, 2.24) is 4.72 Å². The van der Waals surface area contributed by atoms with Gasteiger partial charge in [-0.3, -0.25) is 0 Å². The third-order valence-corrected chi connectivity index (χ3v) is 4.68. The van der Waals surface area contributed by atoms with Gasteiger partial charge in [0, 0.05) is 12.2 Å². The second kappa shape index (κ2) is 6.34. The van der Waals surface area contributed by atoms with Gasteiger partial charge in [0.2, 0.25) is 10.0 Å². The Balaban J connectivity index is 2.05. The molecule has 0 radical (unpaired) electrons. The highest BCUT2D eigenvalue weighted by Crippen LogP contribution is 2.24. The molecule has 2 aromatic rings. The zero-order valence-electron chi connectivity index (χ0n) is 11.3. The normalized spacial score (nSPS) is 11.3. The Bertz CT molecular complexity index is 730. The standard InChI is InChI=1S/C14H15ClN2O3S/c1-16-21(19,20)12-5-3-11(4-6-12)17-9-10-2-7-14(18)13(15)8-10/h2-8,16-18H,9H2,1H3. The molecular formula is C14H15ClN2O3S. The SMILES string of the molecule is CNS(=O)(=O)c1ccc(NCc2ccc(O)c(Cl)c2)cc1.